The van der Waals surface area contributed by atoms with E-state index in [2.05, 4.69) is 44.2 Å². The zero-order chi connectivity index (χ0) is 30.4. The number of thiophene rings is 1. The van der Waals surface area contributed by atoms with Crippen molar-refractivity contribution in [2.75, 3.05) is 27.3 Å². The number of rotatable bonds is 7. The van der Waals surface area contributed by atoms with Crippen LogP contribution >= 0.6 is 11.3 Å². The summed E-state index contributed by atoms with van der Waals surface area (Å²) >= 11 is 1.39. The van der Waals surface area contributed by atoms with Gasteiger partial charge in [0.15, 0.2) is 8.32 Å². The number of benzene rings is 1. The first-order valence-electron chi connectivity index (χ1n) is 14.2. The SMILES string of the molecule is CNC(=O)n1c(C)cc2cc(Oc3ccnc4cc(C(=O)N5CC(OC)CC5CO[Si](C)(C)C(C)(C)C)sc34)ccc21. The maximum Gasteiger partial charge on any atom is 0.325 e. The Kier molecular flexibility index (Phi) is 8.23. The van der Waals surface area contributed by atoms with Gasteiger partial charge in [-0.15, -0.1) is 11.3 Å². The molecule has 1 N–H and O–H groups in total. The summed E-state index contributed by atoms with van der Waals surface area (Å²) < 4.78 is 21.0. The van der Waals surface area contributed by atoms with E-state index in [-0.39, 0.29) is 29.1 Å². The van der Waals surface area contributed by atoms with Crippen molar-refractivity contribution in [3.8, 4) is 11.5 Å². The lowest BCUT2D eigenvalue weighted by molar-refractivity contribution is 0.0657. The Morgan fingerprint density at radius 3 is 2.62 bits per heavy atom. The van der Waals surface area contributed by atoms with Crippen molar-refractivity contribution in [3.63, 3.8) is 0 Å². The smallest absolute Gasteiger partial charge is 0.325 e. The quantitative estimate of drug-likeness (QED) is 0.232. The molecule has 5 rings (SSSR count). The van der Waals surface area contributed by atoms with Crippen LogP contribution in [0.4, 0.5) is 4.79 Å². The molecular formula is C31H40N4O5SSi. The fraction of sp³-hybridized carbons (Fsp3) is 0.452. The molecular weight excluding hydrogens is 569 g/mol. The summed E-state index contributed by atoms with van der Waals surface area (Å²) in [6, 6.07) is 11.0. The molecule has 2 amide bonds. The average Bonchev–Trinajstić information content (AvgIpc) is 3.65. The van der Waals surface area contributed by atoms with Crippen molar-refractivity contribution in [2.45, 2.75) is 64.4 Å². The Labute approximate surface area is 251 Å². The molecule has 3 aromatic heterocycles. The Morgan fingerprint density at radius 1 is 1.17 bits per heavy atom. The van der Waals surface area contributed by atoms with Crippen LogP contribution in [0.3, 0.4) is 0 Å². The fourth-order valence-electron chi connectivity index (χ4n) is 5.12. The minimum atomic E-state index is -1.97. The predicted molar refractivity (Wildman–Crippen MR) is 170 cm³/mol. The Hall–Kier alpha value is -3.25. The number of amides is 2. The lowest BCUT2D eigenvalue weighted by Crippen LogP contribution is -2.45. The van der Waals surface area contributed by atoms with Gasteiger partial charge in [-0.3, -0.25) is 14.3 Å². The number of ether oxygens (including phenoxy) is 2. The first-order chi connectivity index (χ1) is 19.8. The van der Waals surface area contributed by atoms with E-state index >= 15 is 0 Å². The van der Waals surface area contributed by atoms with Crippen molar-refractivity contribution < 1.29 is 23.5 Å². The van der Waals surface area contributed by atoms with E-state index in [4.69, 9.17) is 13.9 Å². The van der Waals surface area contributed by atoms with E-state index in [9.17, 15) is 9.59 Å². The van der Waals surface area contributed by atoms with E-state index in [0.717, 1.165) is 27.7 Å². The van der Waals surface area contributed by atoms with Crippen molar-refractivity contribution in [1.29, 1.82) is 0 Å². The highest BCUT2D eigenvalue weighted by molar-refractivity contribution is 7.21. The summed E-state index contributed by atoms with van der Waals surface area (Å²) in [5, 5.41) is 3.66. The van der Waals surface area contributed by atoms with Gasteiger partial charge in [-0.2, -0.15) is 0 Å². The predicted octanol–water partition coefficient (Wildman–Crippen LogP) is 6.79. The molecule has 0 bridgehead atoms. The standard InChI is InChI=1S/C31H40N4O5SSi/c1-19-13-20-14-22(9-10-25(20)35(19)30(37)32-5)40-26-11-12-33-24-16-27(41-28(24)26)29(36)34-17-23(38-6)15-21(34)18-39-42(7,8)31(2,3)4/h9-14,16,21,23H,15,17-18H2,1-8H3,(H,32,37). The number of pyridine rings is 1. The van der Waals surface area contributed by atoms with Crippen molar-refractivity contribution in [2.24, 2.45) is 0 Å². The van der Waals surface area contributed by atoms with Crippen LogP contribution in [0.2, 0.25) is 18.1 Å². The average molecular weight is 609 g/mol. The Morgan fingerprint density at radius 2 is 1.93 bits per heavy atom. The van der Waals surface area contributed by atoms with Crippen LogP contribution in [0.5, 0.6) is 11.5 Å². The second kappa shape index (κ2) is 11.4. The number of fused-ring (bicyclic) bond motifs is 2. The summed E-state index contributed by atoms with van der Waals surface area (Å²) in [4.78, 5) is 33.2. The summed E-state index contributed by atoms with van der Waals surface area (Å²) in [7, 11) is 1.34. The van der Waals surface area contributed by atoms with Crippen molar-refractivity contribution in [1.82, 2.24) is 19.8 Å². The second-order valence-electron chi connectivity index (χ2n) is 12.4. The van der Waals surface area contributed by atoms with Gasteiger partial charge in [0.05, 0.1) is 39.4 Å². The van der Waals surface area contributed by atoms with Crippen LogP contribution in [0.25, 0.3) is 21.1 Å². The normalized spacial score (nSPS) is 17.8. The molecule has 0 saturated carbocycles. The van der Waals surface area contributed by atoms with Crippen LogP contribution in [-0.2, 0) is 9.16 Å². The monoisotopic (exact) mass is 608 g/mol. The highest BCUT2D eigenvalue weighted by Gasteiger charge is 2.41. The molecule has 0 spiro atoms. The number of hydrogen-bond donors (Lipinski definition) is 1. The number of hydrogen-bond acceptors (Lipinski definition) is 7. The molecule has 1 saturated heterocycles. The van der Waals surface area contributed by atoms with E-state index in [1.165, 1.54) is 11.3 Å². The van der Waals surface area contributed by atoms with E-state index in [0.29, 0.717) is 35.0 Å². The third-order valence-corrected chi connectivity index (χ3v) is 14.2. The molecule has 1 aliphatic rings. The maximum atomic E-state index is 13.9. The van der Waals surface area contributed by atoms with Crippen LogP contribution in [0.1, 0.15) is 42.6 Å². The number of carbonyl (C=O) groups excluding carboxylic acids is 2. The molecule has 11 heteroatoms. The van der Waals surface area contributed by atoms with E-state index < -0.39 is 8.32 Å². The van der Waals surface area contributed by atoms with Crippen LogP contribution in [0, 0.1) is 6.92 Å². The summed E-state index contributed by atoms with van der Waals surface area (Å²) in [6.07, 6.45) is 2.42. The Balaban J connectivity index is 1.39. The van der Waals surface area contributed by atoms with Gasteiger partial charge < -0.3 is 24.1 Å². The maximum absolute atomic E-state index is 13.9. The van der Waals surface area contributed by atoms with Gasteiger partial charge in [0.2, 0.25) is 0 Å². The number of aryl methyl sites for hydroxylation is 1. The zero-order valence-electron chi connectivity index (χ0n) is 25.6. The molecule has 1 aromatic carbocycles. The second-order valence-corrected chi connectivity index (χ2v) is 18.3. The summed E-state index contributed by atoms with van der Waals surface area (Å²) in [5.41, 5.74) is 2.34. The number of likely N-dealkylation sites (tertiary alicyclic amines) is 1. The summed E-state index contributed by atoms with van der Waals surface area (Å²) in [6.45, 7) is 14.1. The van der Waals surface area contributed by atoms with Gasteiger partial charge in [0.1, 0.15) is 11.5 Å². The first kappa shape index (κ1) is 30.2. The minimum Gasteiger partial charge on any atom is -0.456 e. The third-order valence-electron chi connectivity index (χ3n) is 8.60. The lowest BCUT2D eigenvalue weighted by Gasteiger charge is -2.37. The molecule has 2 unspecified atom stereocenters. The third kappa shape index (κ3) is 5.70. The Bertz CT molecular complexity index is 1640. The number of nitrogens with one attached hydrogen (secondary N) is 1. The van der Waals surface area contributed by atoms with Crippen molar-refractivity contribution >= 4 is 52.7 Å². The van der Waals surface area contributed by atoms with Gasteiger partial charge in [-0.25, -0.2) is 4.79 Å². The van der Waals surface area contributed by atoms with Crippen molar-refractivity contribution in [3.05, 3.63) is 53.2 Å². The molecule has 224 valence electrons. The summed E-state index contributed by atoms with van der Waals surface area (Å²) in [5.74, 6) is 1.22. The molecule has 42 heavy (non-hydrogen) atoms. The molecule has 1 aliphatic heterocycles. The highest BCUT2D eigenvalue weighted by atomic mass is 32.1. The fourth-order valence-corrected chi connectivity index (χ4v) is 7.18. The topological polar surface area (TPSA) is 94.9 Å². The number of methoxy groups -OCH3 is 1. The van der Waals surface area contributed by atoms with Gasteiger partial charge in [0.25, 0.3) is 5.91 Å². The number of nitrogens with zero attached hydrogens (tertiary/aromatic N) is 3. The van der Waals surface area contributed by atoms with Crippen LogP contribution in [0.15, 0.2) is 42.6 Å². The minimum absolute atomic E-state index is 0.0230. The first-order valence-corrected chi connectivity index (χ1v) is 17.9. The number of carbonyl (C=O) groups is 2. The molecule has 9 nitrogen and oxygen atoms in total. The molecule has 1 fully saturated rings. The van der Waals surface area contributed by atoms with Gasteiger partial charge in [-0.1, -0.05) is 20.8 Å². The van der Waals surface area contributed by atoms with Gasteiger partial charge in [0, 0.05) is 44.0 Å². The number of aromatic nitrogens is 2. The molecule has 4 heterocycles. The van der Waals surface area contributed by atoms with Crippen LogP contribution < -0.4 is 10.1 Å². The highest BCUT2D eigenvalue weighted by Crippen LogP contribution is 2.39. The molecule has 0 aliphatic carbocycles. The van der Waals surface area contributed by atoms with E-state index in [1.807, 2.05) is 48.2 Å². The van der Waals surface area contributed by atoms with E-state index in [1.54, 1.807) is 24.9 Å². The van der Waals surface area contributed by atoms with Gasteiger partial charge >= 0.3 is 6.03 Å². The molecule has 0 radical (unpaired) electrons. The largest absolute Gasteiger partial charge is 0.456 e. The lowest BCUT2D eigenvalue weighted by atomic mass is 10.2. The molecule has 4 aromatic rings. The zero-order valence-corrected chi connectivity index (χ0v) is 27.4. The van der Waals surface area contributed by atoms with Crippen LogP contribution in [-0.4, -0.2) is 74.2 Å². The molecule has 2 atom stereocenters. The van der Waals surface area contributed by atoms with Gasteiger partial charge in [-0.05, 0) is 61.8 Å².